The lowest BCUT2D eigenvalue weighted by atomic mass is 9.95. The molecule has 1 aliphatic heterocycles. The van der Waals surface area contributed by atoms with Crippen LogP contribution in [0.25, 0.3) is 0 Å². The molecule has 0 aromatic carbocycles. The van der Waals surface area contributed by atoms with E-state index in [2.05, 4.69) is 13.8 Å². The van der Waals surface area contributed by atoms with E-state index in [1.165, 1.54) is 0 Å². The fourth-order valence-corrected chi connectivity index (χ4v) is 1.29. The molecule has 1 heterocycles. The van der Waals surface area contributed by atoms with E-state index in [0.29, 0.717) is 0 Å². The van der Waals surface area contributed by atoms with Gasteiger partial charge in [0.05, 0.1) is 13.2 Å². The average molecular weight is 188 g/mol. The molecule has 13 heavy (non-hydrogen) atoms. The third-order valence-corrected chi connectivity index (χ3v) is 2.11. The largest absolute Gasteiger partial charge is 0.385 e. The van der Waals surface area contributed by atoms with E-state index in [1.54, 1.807) is 7.11 Å². The van der Waals surface area contributed by atoms with Gasteiger partial charge in [-0.2, -0.15) is 0 Å². The second-order valence-corrected chi connectivity index (χ2v) is 4.35. The van der Waals surface area contributed by atoms with Gasteiger partial charge in [-0.3, -0.25) is 0 Å². The van der Waals surface area contributed by atoms with Gasteiger partial charge in [0.2, 0.25) is 0 Å². The highest BCUT2D eigenvalue weighted by Crippen LogP contribution is 2.24. The molecule has 3 nitrogen and oxygen atoms in total. The Morgan fingerprint density at radius 3 is 2.46 bits per heavy atom. The first-order valence-corrected chi connectivity index (χ1v) is 4.86. The summed E-state index contributed by atoms with van der Waals surface area (Å²) in [6.45, 7) is 6.68. The molecular formula is C10H20O3. The van der Waals surface area contributed by atoms with Crippen LogP contribution in [0.5, 0.6) is 0 Å². The van der Waals surface area contributed by atoms with Gasteiger partial charge in [0, 0.05) is 25.6 Å². The minimum Gasteiger partial charge on any atom is -0.385 e. The van der Waals surface area contributed by atoms with Gasteiger partial charge < -0.3 is 14.2 Å². The zero-order valence-corrected chi connectivity index (χ0v) is 8.84. The van der Waals surface area contributed by atoms with Gasteiger partial charge in [0.15, 0.2) is 6.29 Å². The van der Waals surface area contributed by atoms with Crippen LogP contribution < -0.4 is 0 Å². The van der Waals surface area contributed by atoms with Gasteiger partial charge in [-0.1, -0.05) is 13.8 Å². The summed E-state index contributed by atoms with van der Waals surface area (Å²) in [5, 5.41) is 0. The van der Waals surface area contributed by atoms with Crippen LogP contribution in [0, 0.1) is 5.41 Å². The fraction of sp³-hybridized carbons (Fsp3) is 1.00. The molecule has 0 atom stereocenters. The van der Waals surface area contributed by atoms with Crippen molar-refractivity contribution in [3.8, 4) is 0 Å². The Morgan fingerprint density at radius 2 is 1.92 bits per heavy atom. The van der Waals surface area contributed by atoms with Crippen LogP contribution >= 0.6 is 0 Å². The summed E-state index contributed by atoms with van der Waals surface area (Å²) in [5.41, 5.74) is 0.178. The van der Waals surface area contributed by atoms with Crippen molar-refractivity contribution in [1.82, 2.24) is 0 Å². The van der Waals surface area contributed by atoms with Crippen molar-refractivity contribution in [2.75, 3.05) is 26.9 Å². The maximum absolute atomic E-state index is 5.56. The molecule has 0 unspecified atom stereocenters. The monoisotopic (exact) mass is 188 g/mol. The molecule has 3 heteroatoms. The number of methoxy groups -OCH3 is 1. The molecule has 0 radical (unpaired) electrons. The van der Waals surface area contributed by atoms with Crippen LogP contribution in [0.2, 0.25) is 0 Å². The van der Waals surface area contributed by atoms with Crippen LogP contribution in [-0.2, 0) is 14.2 Å². The third kappa shape index (κ3) is 4.07. The minimum absolute atomic E-state index is 0.0109. The highest BCUT2D eigenvalue weighted by Gasteiger charge is 2.27. The first-order chi connectivity index (χ1) is 6.14. The first kappa shape index (κ1) is 11.0. The lowest BCUT2D eigenvalue weighted by Crippen LogP contribution is -2.37. The summed E-state index contributed by atoms with van der Waals surface area (Å²) in [6, 6.07) is 0. The van der Waals surface area contributed by atoms with Crippen molar-refractivity contribution in [3.63, 3.8) is 0 Å². The molecule has 0 aromatic heterocycles. The first-order valence-electron chi connectivity index (χ1n) is 4.86. The van der Waals surface area contributed by atoms with Crippen molar-refractivity contribution in [2.24, 2.45) is 5.41 Å². The molecule has 1 aliphatic rings. The van der Waals surface area contributed by atoms with Crippen molar-refractivity contribution >= 4 is 0 Å². The number of ether oxygens (including phenoxy) is 3. The molecule has 0 spiro atoms. The summed E-state index contributed by atoms with van der Waals surface area (Å²) in [7, 11) is 1.71. The zero-order chi connectivity index (χ0) is 9.73. The van der Waals surface area contributed by atoms with Crippen LogP contribution in [0.1, 0.15) is 26.7 Å². The number of rotatable bonds is 4. The molecule has 78 valence electrons. The Hall–Kier alpha value is -0.120. The molecule has 1 saturated heterocycles. The zero-order valence-electron chi connectivity index (χ0n) is 8.84. The molecule has 0 aliphatic carbocycles. The normalized spacial score (nSPS) is 23.3. The average Bonchev–Trinajstić information content (AvgIpc) is 2.08. The minimum atomic E-state index is -0.0109. The van der Waals surface area contributed by atoms with Crippen LogP contribution in [0.15, 0.2) is 0 Å². The standard InChI is InChI=1S/C10H20O3/c1-10(2)7-12-9(13-8-10)5-4-6-11-3/h9H,4-8H2,1-3H3. The number of hydrogen-bond acceptors (Lipinski definition) is 3. The molecule has 0 N–H and O–H groups in total. The fourth-order valence-electron chi connectivity index (χ4n) is 1.29. The Labute approximate surface area is 80.4 Å². The maximum atomic E-state index is 5.56. The SMILES string of the molecule is COCCCC1OCC(C)(C)CO1. The van der Waals surface area contributed by atoms with E-state index in [-0.39, 0.29) is 11.7 Å². The third-order valence-electron chi connectivity index (χ3n) is 2.11. The van der Waals surface area contributed by atoms with Gasteiger partial charge in [-0.05, 0) is 6.42 Å². The van der Waals surface area contributed by atoms with Crippen LogP contribution in [0.4, 0.5) is 0 Å². The topological polar surface area (TPSA) is 27.7 Å². The molecule has 0 amide bonds. The van der Waals surface area contributed by atoms with Gasteiger partial charge in [-0.15, -0.1) is 0 Å². The van der Waals surface area contributed by atoms with E-state index in [0.717, 1.165) is 32.7 Å². The van der Waals surface area contributed by atoms with E-state index in [1.807, 2.05) is 0 Å². The van der Waals surface area contributed by atoms with Gasteiger partial charge >= 0.3 is 0 Å². The summed E-state index contributed by atoms with van der Waals surface area (Å²) < 4.78 is 16.1. The van der Waals surface area contributed by atoms with E-state index < -0.39 is 0 Å². The van der Waals surface area contributed by atoms with Crippen molar-refractivity contribution in [3.05, 3.63) is 0 Å². The van der Waals surface area contributed by atoms with E-state index >= 15 is 0 Å². The summed E-state index contributed by atoms with van der Waals surface area (Å²) in [5.74, 6) is 0. The Balaban J connectivity index is 2.11. The smallest absolute Gasteiger partial charge is 0.157 e. The predicted molar refractivity (Wildman–Crippen MR) is 50.6 cm³/mol. The second kappa shape index (κ2) is 4.94. The van der Waals surface area contributed by atoms with Gasteiger partial charge in [-0.25, -0.2) is 0 Å². The van der Waals surface area contributed by atoms with Crippen LogP contribution in [0.3, 0.4) is 0 Å². The molecule has 1 rings (SSSR count). The highest BCUT2D eigenvalue weighted by atomic mass is 16.7. The van der Waals surface area contributed by atoms with E-state index in [9.17, 15) is 0 Å². The highest BCUT2D eigenvalue weighted by molar-refractivity contribution is 4.71. The van der Waals surface area contributed by atoms with Gasteiger partial charge in [0.25, 0.3) is 0 Å². The summed E-state index contributed by atoms with van der Waals surface area (Å²) in [6.07, 6.45) is 1.93. The quantitative estimate of drug-likeness (QED) is 0.630. The summed E-state index contributed by atoms with van der Waals surface area (Å²) in [4.78, 5) is 0. The Bertz CT molecular complexity index is 135. The lowest BCUT2D eigenvalue weighted by molar-refractivity contribution is -0.224. The van der Waals surface area contributed by atoms with Crippen molar-refractivity contribution in [2.45, 2.75) is 33.0 Å². The Morgan fingerprint density at radius 1 is 1.31 bits per heavy atom. The van der Waals surface area contributed by atoms with Crippen LogP contribution in [-0.4, -0.2) is 33.2 Å². The molecule has 0 aromatic rings. The van der Waals surface area contributed by atoms with Crippen molar-refractivity contribution < 1.29 is 14.2 Å². The molecular weight excluding hydrogens is 168 g/mol. The van der Waals surface area contributed by atoms with E-state index in [4.69, 9.17) is 14.2 Å². The maximum Gasteiger partial charge on any atom is 0.157 e. The number of hydrogen-bond donors (Lipinski definition) is 0. The Kier molecular flexibility index (Phi) is 4.16. The van der Waals surface area contributed by atoms with Crippen molar-refractivity contribution in [1.29, 1.82) is 0 Å². The van der Waals surface area contributed by atoms with Gasteiger partial charge in [0.1, 0.15) is 0 Å². The summed E-state index contributed by atoms with van der Waals surface area (Å²) >= 11 is 0. The molecule has 0 saturated carbocycles. The predicted octanol–water partition coefficient (Wildman–Crippen LogP) is 1.81. The second-order valence-electron chi connectivity index (χ2n) is 4.35. The lowest BCUT2D eigenvalue weighted by Gasteiger charge is -2.34. The molecule has 1 fully saturated rings. The molecule has 0 bridgehead atoms.